The van der Waals surface area contributed by atoms with Gasteiger partial charge in [-0.2, -0.15) is 0 Å². The number of carbonyl (C=O) groups excluding carboxylic acids is 1. The van der Waals surface area contributed by atoms with E-state index in [2.05, 4.69) is 46.6 Å². The number of rotatable bonds is 4. The van der Waals surface area contributed by atoms with Gasteiger partial charge in [0, 0.05) is 49.0 Å². The predicted molar refractivity (Wildman–Crippen MR) is 109 cm³/mol. The third-order valence-corrected chi connectivity index (χ3v) is 6.64. The van der Waals surface area contributed by atoms with Crippen molar-refractivity contribution in [3.05, 3.63) is 47.3 Å². The highest BCUT2D eigenvalue weighted by molar-refractivity contribution is 7.15. The lowest BCUT2D eigenvalue weighted by Gasteiger charge is -2.40. The fourth-order valence-electron chi connectivity index (χ4n) is 3.92. The highest BCUT2D eigenvalue weighted by Gasteiger charge is 2.40. The van der Waals surface area contributed by atoms with Crippen molar-refractivity contribution in [3.63, 3.8) is 0 Å². The molecule has 0 bridgehead atoms. The molecule has 0 aliphatic carbocycles. The standard InChI is InChI=1S/C21H27N3O2S/c25-20(21(26)9-4-10-22-16-21)24-13-11-23(12-14-24)15-18-7-8-19(27-18)17-5-2-1-3-6-17/h1-3,5-8,22,26H,4,9-16H2. The first kappa shape index (κ1) is 18.6. The molecule has 3 heterocycles. The van der Waals surface area contributed by atoms with Gasteiger partial charge < -0.3 is 15.3 Å². The number of piperazine rings is 1. The van der Waals surface area contributed by atoms with E-state index in [1.54, 1.807) is 0 Å². The molecule has 2 aliphatic heterocycles. The normalized spacial score (nSPS) is 24.1. The van der Waals surface area contributed by atoms with Crippen LogP contribution in [0.2, 0.25) is 0 Å². The second-order valence-corrected chi connectivity index (χ2v) is 8.68. The summed E-state index contributed by atoms with van der Waals surface area (Å²) in [4.78, 5) is 19.6. The van der Waals surface area contributed by atoms with Crippen molar-refractivity contribution in [2.45, 2.75) is 25.0 Å². The molecular formula is C21H27N3O2S. The minimum Gasteiger partial charge on any atom is -0.379 e. The highest BCUT2D eigenvalue weighted by atomic mass is 32.1. The SMILES string of the molecule is O=C(N1CCN(Cc2ccc(-c3ccccc3)s2)CC1)C1(O)CCCNC1. The third-order valence-electron chi connectivity index (χ3n) is 5.52. The second kappa shape index (κ2) is 8.10. The Balaban J connectivity index is 1.31. The van der Waals surface area contributed by atoms with Gasteiger partial charge in [-0.05, 0) is 37.1 Å². The number of nitrogens with zero attached hydrogens (tertiary/aromatic N) is 2. The molecule has 2 N–H and O–H groups in total. The van der Waals surface area contributed by atoms with Crippen LogP contribution < -0.4 is 5.32 Å². The lowest BCUT2D eigenvalue weighted by molar-refractivity contribution is -0.154. The van der Waals surface area contributed by atoms with Crippen LogP contribution in [0.5, 0.6) is 0 Å². The van der Waals surface area contributed by atoms with Crippen LogP contribution >= 0.6 is 11.3 Å². The van der Waals surface area contributed by atoms with Gasteiger partial charge in [0.15, 0.2) is 5.60 Å². The summed E-state index contributed by atoms with van der Waals surface area (Å²) in [6.07, 6.45) is 1.42. The molecule has 1 aromatic carbocycles. The van der Waals surface area contributed by atoms with E-state index in [4.69, 9.17) is 0 Å². The largest absolute Gasteiger partial charge is 0.379 e. The summed E-state index contributed by atoms with van der Waals surface area (Å²) < 4.78 is 0. The Hall–Kier alpha value is -1.73. The second-order valence-electron chi connectivity index (χ2n) is 7.51. The van der Waals surface area contributed by atoms with Crippen molar-refractivity contribution in [2.75, 3.05) is 39.3 Å². The number of amides is 1. The molecule has 4 rings (SSSR count). The van der Waals surface area contributed by atoms with Gasteiger partial charge in [0.2, 0.25) is 0 Å². The molecule has 2 saturated heterocycles. The van der Waals surface area contributed by atoms with Crippen LogP contribution in [0.15, 0.2) is 42.5 Å². The molecule has 6 heteroatoms. The molecule has 1 amide bonds. The predicted octanol–water partition coefficient (Wildman–Crippen LogP) is 2.17. The molecule has 2 fully saturated rings. The average Bonchev–Trinajstić information content (AvgIpc) is 3.18. The Labute approximate surface area is 164 Å². The molecule has 0 spiro atoms. The van der Waals surface area contributed by atoms with Crippen LogP contribution in [-0.2, 0) is 11.3 Å². The molecule has 2 aromatic rings. The van der Waals surface area contributed by atoms with Crippen molar-refractivity contribution in [1.82, 2.24) is 15.1 Å². The van der Waals surface area contributed by atoms with Crippen LogP contribution in [-0.4, -0.2) is 65.7 Å². The zero-order valence-corrected chi connectivity index (χ0v) is 16.4. The molecule has 27 heavy (non-hydrogen) atoms. The number of aliphatic hydroxyl groups is 1. The van der Waals surface area contributed by atoms with E-state index in [1.807, 2.05) is 22.3 Å². The minimum absolute atomic E-state index is 0.100. The maximum atomic E-state index is 12.7. The van der Waals surface area contributed by atoms with E-state index < -0.39 is 5.60 Å². The van der Waals surface area contributed by atoms with Crippen molar-refractivity contribution < 1.29 is 9.90 Å². The van der Waals surface area contributed by atoms with Crippen LogP contribution in [0.25, 0.3) is 10.4 Å². The first-order valence-electron chi connectivity index (χ1n) is 9.73. The Morgan fingerprint density at radius 1 is 1.11 bits per heavy atom. The highest BCUT2D eigenvalue weighted by Crippen LogP contribution is 2.29. The lowest BCUT2D eigenvalue weighted by Crippen LogP contribution is -2.60. The van der Waals surface area contributed by atoms with E-state index in [1.165, 1.54) is 15.3 Å². The maximum Gasteiger partial charge on any atom is 0.255 e. The molecule has 0 radical (unpaired) electrons. The average molecular weight is 386 g/mol. The van der Waals surface area contributed by atoms with Gasteiger partial charge >= 0.3 is 0 Å². The van der Waals surface area contributed by atoms with Gasteiger partial charge in [0.25, 0.3) is 5.91 Å². The number of thiophene rings is 1. The van der Waals surface area contributed by atoms with Crippen LogP contribution in [0.4, 0.5) is 0 Å². The Morgan fingerprint density at radius 3 is 2.59 bits per heavy atom. The van der Waals surface area contributed by atoms with Gasteiger partial charge in [-0.3, -0.25) is 9.69 Å². The summed E-state index contributed by atoms with van der Waals surface area (Å²) in [5.74, 6) is -0.100. The van der Waals surface area contributed by atoms with Gasteiger partial charge in [-0.25, -0.2) is 0 Å². The summed E-state index contributed by atoms with van der Waals surface area (Å²) >= 11 is 1.84. The van der Waals surface area contributed by atoms with Crippen LogP contribution in [0, 0.1) is 0 Å². The molecule has 1 aromatic heterocycles. The molecule has 1 atom stereocenters. The third kappa shape index (κ3) is 4.24. The van der Waals surface area contributed by atoms with E-state index in [-0.39, 0.29) is 5.91 Å². The Kier molecular flexibility index (Phi) is 5.59. The maximum absolute atomic E-state index is 12.7. The van der Waals surface area contributed by atoms with Gasteiger partial charge in [-0.1, -0.05) is 30.3 Å². The van der Waals surface area contributed by atoms with Crippen molar-refractivity contribution in [1.29, 1.82) is 0 Å². The number of nitrogens with one attached hydrogen (secondary N) is 1. The van der Waals surface area contributed by atoms with Crippen molar-refractivity contribution in [2.24, 2.45) is 0 Å². The monoisotopic (exact) mass is 385 g/mol. The number of hydrogen-bond acceptors (Lipinski definition) is 5. The van der Waals surface area contributed by atoms with Gasteiger partial charge in [0.05, 0.1) is 0 Å². The van der Waals surface area contributed by atoms with Crippen LogP contribution in [0.1, 0.15) is 17.7 Å². The summed E-state index contributed by atoms with van der Waals surface area (Å²) in [6, 6.07) is 14.9. The number of carbonyl (C=O) groups is 1. The molecule has 1 unspecified atom stereocenters. The summed E-state index contributed by atoms with van der Waals surface area (Å²) in [7, 11) is 0. The lowest BCUT2D eigenvalue weighted by atomic mass is 9.92. The van der Waals surface area contributed by atoms with Crippen LogP contribution in [0.3, 0.4) is 0 Å². The van der Waals surface area contributed by atoms with Gasteiger partial charge in [0.1, 0.15) is 0 Å². The van der Waals surface area contributed by atoms with Crippen molar-refractivity contribution >= 4 is 17.2 Å². The summed E-state index contributed by atoms with van der Waals surface area (Å²) in [5.41, 5.74) is 0.0529. The minimum atomic E-state index is -1.21. The Morgan fingerprint density at radius 2 is 1.89 bits per heavy atom. The molecule has 2 aliphatic rings. The first-order chi connectivity index (χ1) is 13.1. The van der Waals surface area contributed by atoms with Crippen molar-refractivity contribution in [3.8, 4) is 10.4 Å². The first-order valence-corrected chi connectivity index (χ1v) is 10.5. The van der Waals surface area contributed by atoms with E-state index in [0.717, 1.165) is 32.6 Å². The molecule has 5 nitrogen and oxygen atoms in total. The molecule has 144 valence electrons. The number of hydrogen-bond donors (Lipinski definition) is 2. The molecular weight excluding hydrogens is 358 g/mol. The van der Waals surface area contributed by atoms with E-state index in [9.17, 15) is 9.90 Å². The number of benzene rings is 1. The zero-order chi connectivity index (χ0) is 18.7. The molecule has 0 saturated carbocycles. The number of β-amino-alcohol motifs (C(OH)–C–C–N with tert-alkyl or cyclic N) is 1. The van der Waals surface area contributed by atoms with Gasteiger partial charge in [-0.15, -0.1) is 11.3 Å². The van der Waals surface area contributed by atoms with E-state index in [0.29, 0.717) is 26.1 Å². The summed E-state index contributed by atoms with van der Waals surface area (Å²) in [5, 5.41) is 13.8. The summed E-state index contributed by atoms with van der Waals surface area (Å²) in [6.45, 7) is 5.28. The fraction of sp³-hybridized carbons (Fsp3) is 0.476. The topological polar surface area (TPSA) is 55.8 Å². The quantitative estimate of drug-likeness (QED) is 0.847. The number of piperidine rings is 1. The Bertz CT molecular complexity index is 763. The van der Waals surface area contributed by atoms with E-state index >= 15 is 0 Å². The zero-order valence-electron chi connectivity index (χ0n) is 15.6. The smallest absolute Gasteiger partial charge is 0.255 e. The fourth-order valence-corrected chi connectivity index (χ4v) is 4.97.